The zero-order valence-electron chi connectivity index (χ0n) is 4.40. The fourth-order valence-corrected chi connectivity index (χ4v) is 0.821. The molecule has 3 nitrogen and oxygen atoms in total. The van der Waals surface area contributed by atoms with E-state index in [1.54, 1.807) is 6.20 Å². The van der Waals surface area contributed by atoms with Crippen LogP contribution in [-0.2, 0) is 0 Å². The molecule has 0 unspecified atom stereocenters. The van der Waals surface area contributed by atoms with Crippen LogP contribution in [0.5, 0.6) is 5.88 Å². The lowest BCUT2D eigenvalue weighted by Crippen LogP contribution is -1.83. The molecule has 0 atom stereocenters. The van der Waals surface area contributed by atoms with Gasteiger partial charge in [0.15, 0.2) is 0 Å². The normalized spacial score (nSPS) is 9.62. The van der Waals surface area contributed by atoms with Gasteiger partial charge in [0, 0.05) is 12.3 Å². The Balaban J connectivity index is 2.92. The molecule has 0 aliphatic carbocycles. The van der Waals surface area contributed by atoms with Crippen LogP contribution in [0, 0.1) is 0 Å². The minimum Gasteiger partial charge on any atom is -0.493 e. The second-order valence-corrected chi connectivity index (χ2v) is 1.96. The van der Waals surface area contributed by atoms with Crippen LogP contribution in [0.3, 0.4) is 0 Å². The molecule has 1 N–H and O–H groups in total. The van der Waals surface area contributed by atoms with Crippen molar-refractivity contribution < 1.29 is 5.11 Å². The summed E-state index contributed by atoms with van der Waals surface area (Å²) in [5.41, 5.74) is 0. The smallest absolute Gasteiger partial charge is 0.220 e. The maximum absolute atomic E-state index is 8.83. The second-order valence-electron chi connectivity index (χ2n) is 1.24. The SMILES string of the molecule is CSn1nccc1O. The Hall–Kier alpha value is -0.640. The molecule has 1 aromatic heterocycles. The van der Waals surface area contributed by atoms with E-state index < -0.39 is 0 Å². The third kappa shape index (κ3) is 0.790. The molecule has 1 aromatic rings. The van der Waals surface area contributed by atoms with Crippen molar-refractivity contribution in [2.75, 3.05) is 6.26 Å². The second kappa shape index (κ2) is 2.09. The maximum Gasteiger partial charge on any atom is 0.220 e. The van der Waals surface area contributed by atoms with E-state index in [0.717, 1.165) is 0 Å². The maximum atomic E-state index is 8.83. The van der Waals surface area contributed by atoms with E-state index in [0.29, 0.717) is 0 Å². The monoisotopic (exact) mass is 130 g/mol. The summed E-state index contributed by atoms with van der Waals surface area (Å²) in [6.07, 6.45) is 3.39. The van der Waals surface area contributed by atoms with Crippen LogP contribution in [0.4, 0.5) is 0 Å². The zero-order chi connectivity index (χ0) is 5.98. The largest absolute Gasteiger partial charge is 0.493 e. The summed E-state index contributed by atoms with van der Waals surface area (Å²) in [6.45, 7) is 0. The molecule has 0 spiro atoms. The molecule has 0 amide bonds. The first-order valence-corrected chi connectivity index (χ1v) is 3.30. The van der Waals surface area contributed by atoms with E-state index in [4.69, 9.17) is 5.11 Å². The van der Waals surface area contributed by atoms with Gasteiger partial charge in [0.25, 0.3) is 0 Å². The molecule has 1 heterocycles. The van der Waals surface area contributed by atoms with Gasteiger partial charge in [0.05, 0.1) is 6.20 Å². The summed E-state index contributed by atoms with van der Waals surface area (Å²) in [4.78, 5) is 0. The van der Waals surface area contributed by atoms with Crippen molar-refractivity contribution in [2.24, 2.45) is 0 Å². The lowest BCUT2D eigenvalue weighted by Gasteiger charge is -1.91. The summed E-state index contributed by atoms with van der Waals surface area (Å²) in [7, 11) is 0. The molecule has 0 saturated carbocycles. The molecule has 1 rings (SSSR count). The molecule has 0 aromatic carbocycles. The highest BCUT2D eigenvalue weighted by molar-refractivity contribution is 7.97. The molecule has 8 heavy (non-hydrogen) atoms. The molecule has 44 valence electrons. The van der Waals surface area contributed by atoms with Gasteiger partial charge in [0.2, 0.25) is 5.88 Å². The topological polar surface area (TPSA) is 38.0 Å². The van der Waals surface area contributed by atoms with Crippen LogP contribution in [0.2, 0.25) is 0 Å². The van der Waals surface area contributed by atoms with Gasteiger partial charge in [0.1, 0.15) is 0 Å². The predicted octanol–water partition coefficient (Wildman–Crippen LogP) is 0.715. The Kier molecular flexibility index (Phi) is 1.43. The molecule has 0 aliphatic heterocycles. The highest BCUT2D eigenvalue weighted by Crippen LogP contribution is 2.11. The van der Waals surface area contributed by atoms with E-state index in [2.05, 4.69) is 5.10 Å². The zero-order valence-corrected chi connectivity index (χ0v) is 5.22. The Bertz CT molecular complexity index is 174. The number of hydrogen-bond acceptors (Lipinski definition) is 3. The van der Waals surface area contributed by atoms with E-state index in [1.165, 1.54) is 22.1 Å². The van der Waals surface area contributed by atoms with Crippen LogP contribution in [0.25, 0.3) is 0 Å². The van der Waals surface area contributed by atoms with E-state index in [-0.39, 0.29) is 5.88 Å². The molecule has 4 heteroatoms. The Morgan fingerprint density at radius 2 is 2.62 bits per heavy atom. The van der Waals surface area contributed by atoms with Crippen molar-refractivity contribution in [3.8, 4) is 5.88 Å². The van der Waals surface area contributed by atoms with Crippen molar-refractivity contribution >= 4 is 11.9 Å². The lowest BCUT2D eigenvalue weighted by molar-refractivity contribution is 0.445. The summed E-state index contributed by atoms with van der Waals surface area (Å²) >= 11 is 1.36. The number of hydrogen-bond donors (Lipinski definition) is 1. The summed E-state index contributed by atoms with van der Waals surface area (Å²) in [6, 6.07) is 1.54. The van der Waals surface area contributed by atoms with Gasteiger partial charge in [-0.25, -0.2) is 0 Å². The van der Waals surface area contributed by atoms with Crippen LogP contribution in [0.15, 0.2) is 12.3 Å². The fourth-order valence-electron chi connectivity index (χ4n) is 0.424. The number of nitrogens with zero attached hydrogens (tertiary/aromatic N) is 2. The molecule has 0 saturated heterocycles. The van der Waals surface area contributed by atoms with Gasteiger partial charge in [-0.1, -0.05) is 0 Å². The van der Waals surface area contributed by atoms with Gasteiger partial charge in [-0.3, -0.25) is 0 Å². The number of aromatic hydroxyl groups is 1. The van der Waals surface area contributed by atoms with Gasteiger partial charge in [-0.05, 0) is 11.9 Å². The van der Waals surface area contributed by atoms with Crippen molar-refractivity contribution in [3.05, 3.63) is 12.3 Å². The van der Waals surface area contributed by atoms with Crippen LogP contribution >= 0.6 is 11.9 Å². The predicted molar refractivity (Wildman–Crippen MR) is 32.8 cm³/mol. The van der Waals surface area contributed by atoms with Crippen LogP contribution in [0.1, 0.15) is 0 Å². The Morgan fingerprint density at radius 3 is 2.88 bits per heavy atom. The van der Waals surface area contributed by atoms with Crippen molar-refractivity contribution in [2.45, 2.75) is 0 Å². The average molecular weight is 130 g/mol. The number of rotatable bonds is 1. The highest BCUT2D eigenvalue weighted by atomic mass is 32.2. The lowest BCUT2D eigenvalue weighted by atomic mass is 10.7. The van der Waals surface area contributed by atoms with Gasteiger partial charge < -0.3 is 5.11 Å². The number of aromatic nitrogens is 2. The average Bonchev–Trinajstić information content (AvgIpc) is 2.14. The minimum atomic E-state index is 0.192. The molecule has 0 radical (unpaired) electrons. The van der Waals surface area contributed by atoms with Gasteiger partial charge in [-0.2, -0.15) is 9.19 Å². The fraction of sp³-hybridized carbons (Fsp3) is 0.250. The Morgan fingerprint density at radius 1 is 1.88 bits per heavy atom. The molecular weight excluding hydrogens is 124 g/mol. The first-order valence-electron chi connectivity index (χ1n) is 2.12. The first-order chi connectivity index (χ1) is 3.84. The van der Waals surface area contributed by atoms with E-state index in [9.17, 15) is 0 Å². The standard InChI is InChI=1S/C4H6N2OS/c1-8-6-4(7)2-3-5-6/h2-3,7H,1H3. The van der Waals surface area contributed by atoms with Crippen LogP contribution in [-0.4, -0.2) is 20.5 Å². The van der Waals surface area contributed by atoms with E-state index >= 15 is 0 Å². The summed E-state index contributed by atoms with van der Waals surface area (Å²) in [5.74, 6) is 0.192. The minimum absolute atomic E-state index is 0.192. The van der Waals surface area contributed by atoms with Crippen molar-refractivity contribution in [1.82, 2.24) is 9.19 Å². The van der Waals surface area contributed by atoms with E-state index in [1.807, 2.05) is 6.26 Å². The van der Waals surface area contributed by atoms with Crippen molar-refractivity contribution in [1.29, 1.82) is 0 Å². The first kappa shape index (κ1) is 5.50. The van der Waals surface area contributed by atoms with Crippen molar-refractivity contribution in [3.63, 3.8) is 0 Å². The van der Waals surface area contributed by atoms with Crippen LogP contribution < -0.4 is 0 Å². The molecule has 0 aliphatic rings. The summed E-state index contributed by atoms with van der Waals surface area (Å²) < 4.78 is 1.43. The Labute approximate surface area is 51.5 Å². The third-order valence-corrected chi connectivity index (χ3v) is 1.39. The summed E-state index contributed by atoms with van der Waals surface area (Å²) in [5, 5.41) is 12.6. The molecular formula is C4H6N2OS. The molecule has 0 bridgehead atoms. The van der Waals surface area contributed by atoms with Gasteiger partial charge >= 0.3 is 0 Å². The molecule has 0 fully saturated rings. The quantitative estimate of drug-likeness (QED) is 0.608. The van der Waals surface area contributed by atoms with Gasteiger partial charge in [-0.15, -0.1) is 0 Å². The third-order valence-electron chi connectivity index (χ3n) is 0.764. The highest BCUT2D eigenvalue weighted by Gasteiger charge is 1.93.